The number of alkyl halides is 3. The minimum absolute atomic E-state index is 0.107. The first-order valence-corrected chi connectivity index (χ1v) is 13.8. The minimum Gasteiger partial charge on any atom is -0.349 e. The molecule has 3 aromatic rings. The van der Waals surface area contributed by atoms with Gasteiger partial charge in [-0.1, -0.05) is 55.0 Å². The number of nitrogens with one attached hydrogen (secondary N) is 2. The lowest BCUT2D eigenvalue weighted by Gasteiger charge is -2.33. The van der Waals surface area contributed by atoms with Gasteiger partial charge in [0.2, 0.25) is 5.91 Å². The molecule has 0 saturated carbocycles. The number of unbranched alkanes of at least 4 members (excludes halogenated alkanes) is 1. The van der Waals surface area contributed by atoms with Crippen molar-refractivity contribution < 1.29 is 22.8 Å². The van der Waals surface area contributed by atoms with E-state index >= 15 is 0 Å². The summed E-state index contributed by atoms with van der Waals surface area (Å²) in [5, 5.41) is 5.29. The van der Waals surface area contributed by atoms with E-state index in [9.17, 15) is 22.8 Å². The Morgan fingerprint density at radius 3 is 2.17 bits per heavy atom. The highest BCUT2D eigenvalue weighted by atomic mass is 19.4. The van der Waals surface area contributed by atoms with E-state index in [-0.39, 0.29) is 11.9 Å². The number of rotatable bonds is 9. The van der Waals surface area contributed by atoms with Gasteiger partial charge in [0.1, 0.15) is 12.0 Å². The second kappa shape index (κ2) is 11.8. The number of fused-ring (bicyclic) bond motifs is 3. The molecule has 1 aliphatic heterocycles. The number of likely N-dealkylation sites (tertiary alicyclic amines) is 1. The largest absolute Gasteiger partial charge is 0.405 e. The maximum atomic E-state index is 13.6. The Labute approximate surface area is 232 Å². The van der Waals surface area contributed by atoms with Crippen LogP contribution in [0.5, 0.6) is 0 Å². The molecule has 0 atom stereocenters. The zero-order valence-corrected chi connectivity index (χ0v) is 22.2. The molecule has 9 heteroatoms. The molecule has 40 heavy (non-hydrogen) atoms. The number of pyridine rings is 1. The van der Waals surface area contributed by atoms with Gasteiger partial charge in [0.05, 0.1) is 5.56 Å². The molecular weight excluding hydrogens is 517 g/mol. The van der Waals surface area contributed by atoms with Gasteiger partial charge < -0.3 is 15.5 Å². The van der Waals surface area contributed by atoms with E-state index in [0.29, 0.717) is 18.4 Å². The van der Waals surface area contributed by atoms with Crippen LogP contribution in [0.25, 0.3) is 11.1 Å². The molecule has 0 unspecified atom stereocenters. The van der Waals surface area contributed by atoms with Gasteiger partial charge >= 0.3 is 6.18 Å². The Morgan fingerprint density at radius 2 is 1.57 bits per heavy atom. The average molecular weight is 551 g/mol. The van der Waals surface area contributed by atoms with E-state index < -0.39 is 24.0 Å². The second-order valence-corrected chi connectivity index (χ2v) is 10.6. The van der Waals surface area contributed by atoms with Crippen LogP contribution >= 0.6 is 0 Å². The number of hydrogen-bond acceptors (Lipinski definition) is 4. The molecule has 2 aromatic carbocycles. The summed E-state index contributed by atoms with van der Waals surface area (Å²) in [5.74, 6) is -0.717. The van der Waals surface area contributed by atoms with Crippen molar-refractivity contribution in [3.05, 3.63) is 89.7 Å². The summed E-state index contributed by atoms with van der Waals surface area (Å²) in [5.41, 5.74) is 2.71. The molecule has 2 aliphatic rings. The lowest BCUT2D eigenvalue weighted by molar-refractivity contribution is -0.141. The van der Waals surface area contributed by atoms with Gasteiger partial charge in [-0.2, -0.15) is 13.2 Å². The van der Waals surface area contributed by atoms with Crippen LogP contribution in [0, 0.1) is 0 Å². The second-order valence-electron chi connectivity index (χ2n) is 10.6. The molecule has 2 heterocycles. The number of benzene rings is 2. The van der Waals surface area contributed by atoms with Crippen molar-refractivity contribution in [2.45, 2.75) is 49.7 Å². The standard InChI is InChI=1S/C31H33F3N4O2/c32-31(33,34)21-36-29(40)30(26-11-3-1-9-24(26)25-10-2-4-12-27(25)30)15-5-6-17-38-18-13-23(14-19-38)37-28(39)22-8-7-16-35-20-22/h1-4,7-12,16,20,23H,5-6,13-15,17-19,21H2,(H,36,40)(H,37,39). The van der Waals surface area contributed by atoms with Crippen LogP contribution in [0.4, 0.5) is 13.2 Å². The molecule has 5 rings (SSSR count). The summed E-state index contributed by atoms with van der Waals surface area (Å²) < 4.78 is 39.2. The predicted molar refractivity (Wildman–Crippen MR) is 147 cm³/mol. The van der Waals surface area contributed by atoms with Crippen molar-refractivity contribution in [1.82, 2.24) is 20.5 Å². The number of piperidine rings is 1. The first-order chi connectivity index (χ1) is 19.3. The first kappa shape index (κ1) is 27.8. The fourth-order valence-electron chi connectivity index (χ4n) is 6.08. The topological polar surface area (TPSA) is 74.3 Å². The van der Waals surface area contributed by atoms with E-state index in [1.807, 2.05) is 48.5 Å². The zero-order chi connectivity index (χ0) is 28.2. The molecule has 0 radical (unpaired) electrons. The van der Waals surface area contributed by atoms with Crippen LogP contribution in [0.2, 0.25) is 0 Å². The van der Waals surface area contributed by atoms with Gasteiger partial charge in [0.25, 0.3) is 5.91 Å². The van der Waals surface area contributed by atoms with E-state index in [4.69, 9.17) is 0 Å². The van der Waals surface area contributed by atoms with E-state index in [0.717, 1.165) is 61.2 Å². The van der Waals surface area contributed by atoms with Crippen LogP contribution in [0.3, 0.4) is 0 Å². The van der Waals surface area contributed by atoms with E-state index in [1.165, 1.54) is 0 Å². The zero-order valence-electron chi connectivity index (χ0n) is 22.2. The normalized spacial score (nSPS) is 16.7. The fourth-order valence-corrected chi connectivity index (χ4v) is 6.08. The molecular formula is C31H33F3N4O2. The molecule has 2 amide bonds. The SMILES string of the molecule is O=C(NC1CCN(CCCCC2(C(=O)NCC(F)(F)F)c3ccccc3-c3ccccc32)CC1)c1cccnc1. The van der Waals surface area contributed by atoms with Crippen LogP contribution < -0.4 is 10.6 Å². The van der Waals surface area contributed by atoms with Crippen molar-refractivity contribution >= 4 is 11.8 Å². The fraction of sp³-hybridized carbons (Fsp3) is 0.387. The first-order valence-electron chi connectivity index (χ1n) is 13.8. The third kappa shape index (κ3) is 5.89. The summed E-state index contributed by atoms with van der Waals surface area (Å²) in [6, 6.07) is 18.7. The van der Waals surface area contributed by atoms with Gasteiger partial charge in [-0.15, -0.1) is 0 Å². The molecule has 0 spiro atoms. The van der Waals surface area contributed by atoms with Crippen molar-refractivity contribution in [3.8, 4) is 11.1 Å². The Hall–Kier alpha value is -3.72. The van der Waals surface area contributed by atoms with Crippen LogP contribution in [0.1, 0.15) is 53.6 Å². The van der Waals surface area contributed by atoms with Gasteiger partial charge in [-0.3, -0.25) is 14.6 Å². The molecule has 1 fully saturated rings. The average Bonchev–Trinajstić information content (AvgIpc) is 3.26. The minimum atomic E-state index is -4.49. The molecule has 2 N–H and O–H groups in total. The van der Waals surface area contributed by atoms with E-state index in [2.05, 4.69) is 20.5 Å². The van der Waals surface area contributed by atoms with Crippen molar-refractivity contribution in [3.63, 3.8) is 0 Å². The molecule has 1 saturated heterocycles. The number of hydrogen-bond donors (Lipinski definition) is 2. The predicted octanol–water partition coefficient (Wildman–Crippen LogP) is 5.09. The van der Waals surface area contributed by atoms with Crippen molar-refractivity contribution in [2.24, 2.45) is 0 Å². The quantitative estimate of drug-likeness (QED) is 0.364. The number of amides is 2. The summed E-state index contributed by atoms with van der Waals surface area (Å²) in [6.07, 6.45) is 2.30. The van der Waals surface area contributed by atoms with Crippen molar-refractivity contribution in [1.29, 1.82) is 0 Å². The monoisotopic (exact) mass is 550 g/mol. The number of halogens is 3. The maximum absolute atomic E-state index is 13.6. The number of aromatic nitrogens is 1. The van der Waals surface area contributed by atoms with Gasteiger partial charge in [-0.25, -0.2) is 0 Å². The molecule has 1 aliphatic carbocycles. The molecule has 210 valence electrons. The summed E-state index contributed by atoms with van der Waals surface area (Å²) >= 11 is 0. The van der Waals surface area contributed by atoms with Gasteiger partial charge in [0.15, 0.2) is 0 Å². The molecule has 0 bridgehead atoms. The van der Waals surface area contributed by atoms with Crippen molar-refractivity contribution in [2.75, 3.05) is 26.2 Å². The van der Waals surface area contributed by atoms with Crippen LogP contribution in [-0.4, -0.2) is 60.1 Å². The Morgan fingerprint density at radius 1 is 0.925 bits per heavy atom. The van der Waals surface area contributed by atoms with E-state index in [1.54, 1.807) is 24.5 Å². The highest BCUT2D eigenvalue weighted by Crippen LogP contribution is 2.51. The maximum Gasteiger partial charge on any atom is 0.405 e. The number of carbonyl (C=O) groups excluding carboxylic acids is 2. The smallest absolute Gasteiger partial charge is 0.349 e. The summed E-state index contributed by atoms with van der Waals surface area (Å²) in [4.78, 5) is 32.4. The number of carbonyl (C=O) groups is 2. The lowest BCUT2D eigenvalue weighted by Crippen LogP contribution is -2.47. The highest BCUT2D eigenvalue weighted by molar-refractivity contribution is 6.00. The van der Waals surface area contributed by atoms with Gasteiger partial charge in [0, 0.05) is 31.5 Å². The number of nitrogens with zero attached hydrogens (tertiary/aromatic N) is 2. The summed E-state index contributed by atoms with van der Waals surface area (Å²) in [6.45, 7) is 1.17. The van der Waals surface area contributed by atoms with Crippen LogP contribution in [-0.2, 0) is 10.2 Å². The van der Waals surface area contributed by atoms with Crippen LogP contribution in [0.15, 0.2) is 73.1 Å². The molecule has 6 nitrogen and oxygen atoms in total. The third-order valence-corrected chi connectivity index (χ3v) is 8.02. The third-order valence-electron chi connectivity index (χ3n) is 8.02. The Balaban J connectivity index is 1.21. The molecule has 1 aromatic heterocycles. The lowest BCUT2D eigenvalue weighted by atomic mass is 9.73. The highest BCUT2D eigenvalue weighted by Gasteiger charge is 2.49. The summed E-state index contributed by atoms with van der Waals surface area (Å²) in [7, 11) is 0. The van der Waals surface area contributed by atoms with Gasteiger partial charge in [-0.05, 0) is 66.6 Å². The Bertz CT molecular complexity index is 1290. The Kier molecular flexibility index (Phi) is 8.21.